The number of amides is 4. The van der Waals surface area contributed by atoms with E-state index in [0.717, 1.165) is 6.42 Å². The molecule has 0 spiro atoms. The summed E-state index contributed by atoms with van der Waals surface area (Å²) in [4.78, 5) is 59.3. The van der Waals surface area contributed by atoms with Gasteiger partial charge in [-0.15, -0.1) is 0 Å². The lowest BCUT2D eigenvalue weighted by molar-refractivity contribution is -0.142. The van der Waals surface area contributed by atoms with Crippen LogP contribution in [0.15, 0.2) is 0 Å². The Balaban J connectivity index is 4.91. The van der Waals surface area contributed by atoms with Gasteiger partial charge in [0.2, 0.25) is 23.6 Å². The molecule has 0 aromatic carbocycles. The minimum Gasteiger partial charge on any atom is -0.480 e. The number of hydrogen-bond acceptors (Lipinski definition) is 7. The number of carbonyl (C=O) groups is 5. The Hall–Kier alpha value is -2.73. The normalized spacial score (nSPS) is 14.8. The van der Waals surface area contributed by atoms with E-state index in [9.17, 15) is 24.0 Å². The van der Waals surface area contributed by atoms with Crippen molar-refractivity contribution in [2.45, 2.75) is 77.0 Å². The number of nitrogens with two attached hydrogens (primary N) is 3. The van der Waals surface area contributed by atoms with E-state index in [1.165, 1.54) is 6.92 Å². The van der Waals surface area contributed by atoms with Crippen LogP contribution in [-0.4, -0.2) is 65.4 Å². The van der Waals surface area contributed by atoms with Gasteiger partial charge in [0, 0.05) is 6.42 Å². The van der Waals surface area contributed by atoms with Crippen LogP contribution in [0, 0.1) is 5.92 Å². The molecule has 0 aliphatic carbocycles. The van der Waals surface area contributed by atoms with Gasteiger partial charge in [-0.3, -0.25) is 19.2 Å². The second kappa shape index (κ2) is 14.3. The minimum atomic E-state index is -1.33. The van der Waals surface area contributed by atoms with Crippen LogP contribution in [0.1, 0.15) is 52.9 Å². The van der Waals surface area contributed by atoms with E-state index < -0.39 is 53.8 Å². The molecular formula is C19H36N6O6. The standard InChI is InChI=1S/C19H36N6O6/c1-10(2)15(25-17(28)12(21)6-4-5-9-20)18(29)23-11(3)16(27)24-13(19(30)31)7-8-14(22)26/h10-13,15H,4-9,20-21H2,1-3H3,(H2,22,26)(H,23,29)(H,24,27)(H,25,28)(H,30,31)/t11-,12-,13-,15-/m0/s1. The number of primary amides is 1. The molecule has 4 atom stereocenters. The molecule has 0 rings (SSSR count). The highest BCUT2D eigenvalue weighted by Crippen LogP contribution is 2.05. The molecule has 0 aliphatic rings. The first-order valence-corrected chi connectivity index (χ1v) is 10.3. The smallest absolute Gasteiger partial charge is 0.326 e. The zero-order chi connectivity index (χ0) is 24.1. The van der Waals surface area contributed by atoms with E-state index in [1.807, 2.05) is 0 Å². The molecule has 0 bridgehead atoms. The van der Waals surface area contributed by atoms with Gasteiger partial charge in [-0.2, -0.15) is 0 Å². The monoisotopic (exact) mass is 444 g/mol. The Morgan fingerprint density at radius 2 is 1.48 bits per heavy atom. The van der Waals surface area contributed by atoms with Crippen LogP contribution in [0.25, 0.3) is 0 Å². The van der Waals surface area contributed by atoms with Crippen LogP contribution in [-0.2, 0) is 24.0 Å². The van der Waals surface area contributed by atoms with Crippen molar-refractivity contribution in [3.05, 3.63) is 0 Å². The molecule has 0 fully saturated rings. The second-order valence-corrected chi connectivity index (χ2v) is 7.76. The van der Waals surface area contributed by atoms with E-state index in [0.29, 0.717) is 19.4 Å². The molecule has 0 aromatic heterocycles. The van der Waals surface area contributed by atoms with Crippen LogP contribution in [0.3, 0.4) is 0 Å². The van der Waals surface area contributed by atoms with Crippen molar-refractivity contribution < 1.29 is 29.1 Å². The molecule has 0 aliphatic heterocycles. The zero-order valence-corrected chi connectivity index (χ0v) is 18.3. The average molecular weight is 445 g/mol. The second-order valence-electron chi connectivity index (χ2n) is 7.76. The van der Waals surface area contributed by atoms with Crippen LogP contribution < -0.4 is 33.2 Å². The zero-order valence-electron chi connectivity index (χ0n) is 18.3. The molecular weight excluding hydrogens is 408 g/mol. The first-order chi connectivity index (χ1) is 14.4. The van der Waals surface area contributed by atoms with Crippen molar-refractivity contribution in [3.63, 3.8) is 0 Å². The maximum absolute atomic E-state index is 12.6. The number of carboxylic acids is 1. The van der Waals surface area contributed by atoms with Crippen LogP contribution in [0.4, 0.5) is 0 Å². The Morgan fingerprint density at radius 3 is 1.97 bits per heavy atom. The molecule has 12 nitrogen and oxygen atoms in total. The summed E-state index contributed by atoms with van der Waals surface area (Å²) in [7, 11) is 0. The molecule has 10 N–H and O–H groups in total. The van der Waals surface area contributed by atoms with Crippen molar-refractivity contribution >= 4 is 29.6 Å². The molecule has 0 unspecified atom stereocenters. The summed E-state index contributed by atoms with van der Waals surface area (Å²) in [6.07, 6.45) is 1.45. The average Bonchev–Trinajstić information content (AvgIpc) is 2.67. The molecule has 0 saturated heterocycles. The highest BCUT2D eigenvalue weighted by molar-refractivity contribution is 5.94. The molecule has 31 heavy (non-hydrogen) atoms. The lowest BCUT2D eigenvalue weighted by Crippen LogP contribution is -2.57. The van der Waals surface area contributed by atoms with Crippen LogP contribution >= 0.6 is 0 Å². The van der Waals surface area contributed by atoms with Gasteiger partial charge in [0.25, 0.3) is 0 Å². The highest BCUT2D eigenvalue weighted by Gasteiger charge is 2.29. The Bertz CT molecular complexity index is 641. The predicted octanol–water partition coefficient (Wildman–Crippen LogP) is -2.08. The molecule has 0 heterocycles. The third-order valence-corrected chi connectivity index (χ3v) is 4.60. The SMILES string of the molecule is CC(C)[C@H](NC(=O)[C@@H](N)CCCCN)C(=O)N[C@@H](C)C(=O)N[C@@H](CCC(N)=O)C(=O)O. The summed E-state index contributed by atoms with van der Waals surface area (Å²) in [6, 6.07) is -4.14. The fourth-order valence-electron chi connectivity index (χ4n) is 2.64. The van der Waals surface area contributed by atoms with Crippen molar-refractivity contribution in [2.24, 2.45) is 23.1 Å². The van der Waals surface area contributed by atoms with Gasteiger partial charge in [0.1, 0.15) is 18.1 Å². The van der Waals surface area contributed by atoms with Crippen molar-refractivity contribution in [1.29, 1.82) is 0 Å². The molecule has 0 radical (unpaired) electrons. The highest BCUT2D eigenvalue weighted by atomic mass is 16.4. The van der Waals surface area contributed by atoms with Gasteiger partial charge in [-0.25, -0.2) is 4.79 Å². The summed E-state index contributed by atoms with van der Waals surface area (Å²) < 4.78 is 0. The lowest BCUT2D eigenvalue weighted by Gasteiger charge is -2.25. The van der Waals surface area contributed by atoms with Gasteiger partial charge in [-0.1, -0.05) is 20.3 Å². The largest absolute Gasteiger partial charge is 0.480 e. The first kappa shape index (κ1) is 28.3. The van der Waals surface area contributed by atoms with Crippen molar-refractivity contribution in [2.75, 3.05) is 6.54 Å². The van der Waals surface area contributed by atoms with Gasteiger partial charge >= 0.3 is 5.97 Å². The van der Waals surface area contributed by atoms with Crippen LogP contribution in [0.2, 0.25) is 0 Å². The maximum atomic E-state index is 12.6. The summed E-state index contributed by atoms with van der Waals surface area (Å²) in [5.41, 5.74) is 16.3. The van der Waals surface area contributed by atoms with E-state index in [2.05, 4.69) is 16.0 Å². The fraction of sp³-hybridized carbons (Fsp3) is 0.737. The number of rotatable bonds is 15. The number of aliphatic carboxylic acids is 1. The number of nitrogens with one attached hydrogen (secondary N) is 3. The maximum Gasteiger partial charge on any atom is 0.326 e. The molecule has 0 aromatic rings. The van der Waals surface area contributed by atoms with Gasteiger partial charge < -0.3 is 38.3 Å². The molecule has 4 amide bonds. The topological polar surface area (TPSA) is 220 Å². The summed E-state index contributed by atoms with van der Waals surface area (Å²) in [6.45, 7) is 5.31. The van der Waals surface area contributed by atoms with Crippen molar-refractivity contribution in [3.8, 4) is 0 Å². The Labute approximate surface area is 182 Å². The third kappa shape index (κ3) is 11.3. The fourth-order valence-corrected chi connectivity index (χ4v) is 2.64. The third-order valence-electron chi connectivity index (χ3n) is 4.60. The molecule has 178 valence electrons. The lowest BCUT2D eigenvalue weighted by atomic mass is 10.0. The summed E-state index contributed by atoms with van der Waals surface area (Å²) >= 11 is 0. The number of carboxylic acid groups (broad SMARTS) is 1. The Morgan fingerprint density at radius 1 is 0.871 bits per heavy atom. The van der Waals surface area contributed by atoms with E-state index in [-0.39, 0.29) is 18.8 Å². The van der Waals surface area contributed by atoms with Crippen molar-refractivity contribution in [1.82, 2.24) is 16.0 Å². The summed E-state index contributed by atoms with van der Waals surface area (Å²) in [5, 5.41) is 16.5. The Kier molecular flexibility index (Phi) is 13.0. The molecule has 12 heteroatoms. The molecule has 0 saturated carbocycles. The first-order valence-electron chi connectivity index (χ1n) is 10.3. The van der Waals surface area contributed by atoms with Gasteiger partial charge in [0.15, 0.2) is 0 Å². The van der Waals surface area contributed by atoms with E-state index in [4.69, 9.17) is 22.3 Å². The number of hydrogen-bond donors (Lipinski definition) is 7. The summed E-state index contributed by atoms with van der Waals surface area (Å²) in [5.74, 6) is -4.16. The van der Waals surface area contributed by atoms with Gasteiger partial charge in [0.05, 0.1) is 6.04 Å². The number of carbonyl (C=O) groups excluding carboxylic acids is 4. The van der Waals surface area contributed by atoms with E-state index in [1.54, 1.807) is 13.8 Å². The van der Waals surface area contributed by atoms with E-state index >= 15 is 0 Å². The predicted molar refractivity (Wildman–Crippen MR) is 113 cm³/mol. The minimum absolute atomic E-state index is 0.177. The quantitative estimate of drug-likeness (QED) is 0.139. The van der Waals surface area contributed by atoms with Crippen LogP contribution in [0.5, 0.6) is 0 Å². The number of unbranched alkanes of at least 4 members (excludes halogenated alkanes) is 1. The van der Waals surface area contributed by atoms with Gasteiger partial charge in [-0.05, 0) is 38.6 Å².